The van der Waals surface area contributed by atoms with Gasteiger partial charge in [-0.25, -0.2) is 13.2 Å². The summed E-state index contributed by atoms with van der Waals surface area (Å²) in [5.41, 5.74) is -1.58. The molecule has 0 atom stereocenters. The summed E-state index contributed by atoms with van der Waals surface area (Å²) in [6.07, 6.45) is -1.95. The molecular formula is C11H7ClF3N3O3. The largest absolute Gasteiger partial charge is 0.344 e. The van der Waals surface area contributed by atoms with E-state index in [4.69, 9.17) is 11.6 Å². The number of carbonyl (C=O) groups is 1. The van der Waals surface area contributed by atoms with Crippen molar-refractivity contribution in [3.8, 4) is 0 Å². The minimum atomic E-state index is -2.85. The minimum absolute atomic E-state index is 0.131. The summed E-state index contributed by atoms with van der Waals surface area (Å²) in [7, 11) is 0. The Balaban J connectivity index is 2.26. The Kier molecular flexibility index (Phi) is 4.32. The summed E-state index contributed by atoms with van der Waals surface area (Å²) in [5.74, 6) is -2.07. The Bertz CT molecular complexity index is 729. The van der Waals surface area contributed by atoms with Crippen molar-refractivity contribution in [2.75, 3.05) is 5.32 Å². The summed E-state index contributed by atoms with van der Waals surface area (Å²) in [6, 6.07) is 1.83. The van der Waals surface area contributed by atoms with E-state index >= 15 is 0 Å². The van der Waals surface area contributed by atoms with Gasteiger partial charge in [0.25, 0.3) is 17.9 Å². The topological polar surface area (TPSA) is 77.1 Å². The van der Waals surface area contributed by atoms with Gasteiger partial charge in [-0.3, -0.25) is 9.59 Å². The number of anilines is 1. The molecule has 0 aromatic carbocycles. The average Bonchev–Trinajstić information content (AvgIpc) is 2.81. The normalized spacial score (nSPS) is 10.9. The predicted octanol–water partition coefficient (Wildman–Crippen LogP) is 2.15. The number of pyridine rings is 1. The smallest absolute Gasteiger partial charge is 0.286 e. The monoisotopic (exact) mass is 321 g/mol. The van der Waals surface area contributed by atoms with Crippen LogP contribution < -0.4 is 10.9 Å². The number of rotatable bonds is 4. The lowest BCUT2D eigenvalue weighted by atomic mass is 10.3. The van der Waals surface area contributed by atoms with Gasteiger partial charge < -0.3 is 14.4 Å². The summed E-state index contributed by atoms with van der Waals surface area (Å²) in [5, 5.41) is 5.38. The van der Waals surface area contributed by atoms with Gasteiger partial charge >= 0.3 is 0 Å². The zero-order chi connectivity index (χ0) is 15.6. The highest BCUT2D eigenvalue weighted by atomic mass is 35.5. The Labute approximate surface area is 120 Å². The molecule has 0 aliphatic rings. The lowest BCUT2D eigenvalue weighted by Gasteiger charge is -2.09. The van der Waals surface area contributed by atoms with Crippen molar-refractivity contribution in [1.82, 2.24) is 9.72 Å². The van der Waals surface area contributed by atoms with Crippen LogP contribution in [-0.2, 0) is 6.54 Å². The van der Waals surface area contributed by atoms with Gasteiger partial charge in [-0.2, -0.15) is 0 Å². The van der Waals surface area contributed by atoms with Crippen LogP contribution in [0, 0.1) is 5.82 Å². The van der Waals surface area contributed by atoms with Crippen LogP contribution in [0.2, 0.25) is 5.22 Å². The maximum absolute atomic E-state index is 13.4. The Morgan fingerprint density at radius 1 is 1.48 bits per heavy atom. The third-order valence-corrected chi connectivity index (χ3v) is 2.53. The molecule has 0 bridgehead atoms. The van der Waals surface area contributed by atoms with Gasteiger partial charge in [0.1, 0.15) is 0 Å². The first-order valence-corrected chi connectivity index (χ1v) is 5.86. The van der Waals surface area contributed by atoms with Crippen molar-refractivity contribution in [2.45, 2.75) is 13.0 Å². The number of nitrogens with one attached hydrogen (secondary N) is 1. The van der Waals surface area contributed by atoms with Crippen molar-refractivity contribution in [1.29, 1.82) is 0 Å². The molecule has 1 N–H and O–H groups in total. The number of hydrogen-bond donors (Lipinski definition) is 1. The Morgan fingerprint density at radius 2 is 2.19 bits per heavy atom. The van der Waals surface area contributed by atoms with Crippen molar-refractivity contribution in [2.24, 2.45) is 0 Å². The van der Waals surface area contributed by atoms with Gasteiger partial charge in [-0.15, -0.1) is 0 Å². The van der Waals surface area contributed by atoms with E-state index in [1.807, 2.05) is 0 Å². The van der Waals surface area contributed by atoms with Gasteiger partial charge in [0, 0.05) is 18.3 Å². The van der Waals surface area contributed by atoms with E-state index in [-0.39, 0.29) is 16.6 Å². The molecule has 10 heteroatoms. The Morgan fingerprint density at radius 3 is 2.76 bits per heavy atom. The number of halogens is 4. The molecule has 0 unspecified atom stereocenters. The van der Waals surface area contributed by atoms with Gasteiger partial charge in [0.15, 0.2) is 11.5 Å². The number of aromatic nitrogens is 2. The Hall–Kier alpha value is -2.29. The molecule has 6 nitrogen and oxygen atoms in total. The summed E-state index contributed by atoms with van der Waals surface area (Å²) in [6.45, 7) is -0.991. The number of amides is 1. The van der Waals surface area contributed by atoms with Crippen molar-refractivity contribution in [3.05, 3.63) is 45.4 Å². The van der Waals surface area contributed by atoms with Crippen LogP contribution in [0.4, 0.5) is 18.9 Å². The fraction of sp³-hybridized carbons (Fsp3) is 0.182. The fourth-order valence-corrected chi connectivity index (χ4v) is 1.64. The molecule has 2 heterocycles. The summed E-state index contributed by atoms with van der Waals surface area (Å²) >= 11 is 5.44. The van der Waals surface area contributed by atoms with E-state index < -0.39 is 30.3 Å². The van der Waals surface area contributed by atoms with E-state index in [2.05, 4.69) is 15.0 Å². The highest BCUT2D eigenvalue weighted by Crippen LogP contribution is 2.13. The zero-order valence-corrected chi connectivity index (χ0v) is 10.9. The lowest BCUT2D eigenvalue weighted by Crippen LogP contribution is -2.26. The number of nitrogens with zero attached hydrogens (tertiary/aromatic N) is 2. The highest BCUT2D eigenvalue weighted by Gasteiger charge is 2.15. The van der Waals surface area contributed by atoms with Gasteiger partial charge in [0.2, 0.25) is 5.22 Å². The standard InChI is InChI=1S/C11H7ClF3N3O3/c12-8-2-7(17-21-8)10(19)16-5-1-6(13)11(20)18(3-5)4-9(14)15/h1-3,9H,4H2,(H,16,19). The molecule has 0 saturated carbocycles. The first-order valence-electron chi connectivity index (χ1n) is 5.48. The van der Waals surface area contributed by atoms with Crippen LogP contribution in [0.5, 0.6) is 0 Å². The molecule has 2 aromatic heterocycles. The van der Waals surface area contributed by atoms with Crippen LogP contribution in [0.3, 0.4) is 0 Å². The van der Waals surface area contributed by atoms with Crippen LogP contribution in [0.1, 0.15) is 10.5 Å². The van der Waals surface area contributed by atoms with Gasteiger partial charge in [-0.05, 0) is 11.6 Å². The molecule has 0 aliphatic heterocycles. The number of hydrogen-bond acceptors (Lipinski definition) is 4. The average molecular weight is 322 g/mol. The molecule has 0 fully saturated rings. The van der Waals surface area contributed by atoms with Crippen LogP contribution in [0.25, 0.3) is 0 Å². The zero-order valence-electron chi connectivity index (χ0n) is 10.1. The van der Waals surface area contributed by atoms with E-state index in [9.17, 15) is 22.8 Å². The number of alkyl halides is 2. The van der Waals surface area contributed by atoms with Crippen LogP contribution in [0.15, 0.2) is 27.6 Å². The SMILES string of the molecule is O=C(Nc1cc(F)c(=O)n(CC(F)F)c1)c1cc(Cl)on1. The molecular weight excluding hydrogens is 315 g/mol. The van der Waals surface area contributed by atoms with E-state index in [1.165, 1.54) is 0 Å². The third kappa shape index (κ3) is 3.63. The fourth-order valence-electron chi connectivity index (χ4n) is 1.51. The highest BCUT2D eigenvalue weighted by molar-refractivity contribution is 6.29. The maximum Gasteiger partial charge on any atom is 0.286 e. The molecule has 2 aromatic rings. The first kappa shape index (κ1) is 15.1. The maximum atomic E-state index is 13.4. The van der Waals surface area contributed by atoms with Crippen molar-refractivity contribution < 1.29 is 22.5 Å². The predicted molar refractivity (Wildman–Crippen MR) is 66.1 cm³/mol. The molecule has 112 valence electrons. The second-order valence-corrected chi connectivity index (χ2v) is 4.27. The van der Waals surface area contributed by atoms with Crippen molar-refractivity contribution >= 4 is 23.2 Å². The minimum Gasteiger partial charge on any atom is -0.344 e. The molecule has 0 radical (unpaired) electrons. The van der Waals surface area contributed by atoms with E-state index in [1.54, 1.807) is 0 Å². The molecule has 0 spiro atoms. The van der Waals surface area contributed by atoms with Gasteiger partial charge in [0.05, 0.1) is 12.2 Å². The second kappa shape index (κ2) is 6.00. The van der Waals surface area contributed by atoms with Crippen LogP contribution >= 0.6 is 11.6 Å². The molecule has 0 aliphatic carbocycles. The van der Waals surface area contributed by atoms with Gasteiger partial charge in [-0.1, -0.05) is 5.16 Å². The summed E-state index contributed by atoms with van der Waals surface area (Å²) < 4.78 is 42.9. The molecule has 21 heavy (non-hydrogen) atoms. The lowest BCUT2D eigenvalue weighted by molar-refractivity contribution is 0.101. The third-order valence-electron chi connectivity index (χ3n) is 2.35. The molecule has 2 rings (SSSR count). The first-order chi connectivity index (χ1) is 9.86. The van der Waals surface area contributed by atoms with E-state index in [0.717, 1.165) is 12.3 Å². The molecule has 1 amide bonds. The van der Waals surface area contributed by atoms with E-state index in [0.29, 0.717) is 10.6 Å². The summed E-state index contributed by atoms with van der Waals surface area (Å²) in [4.78, 5) is 23.0. The quantitative estimate of drug-likeness (QED) is 0.936. The molecule has 0 saturated heterocycles. The number of carbonyl (C=O) groups excluding carboxylic acids is 1. The van der Waals surface area contributed by atoms with Crippen molar-refractivity contribution in [3.63, 3.8) is 0 Å². The second-order valence-electron chi connectivity index (χ2n) is 3.90. The van der Waals surface area contributed by atoms with Crippen LogP contribution in [-0.4, -0.2) is 22.1 Å².